The van der Waals surface area contributed by atoms with E-state index in [-0.39, 0.29) is 5.82 Å². The zero-order valence-electron chi connectivity index (χ0n) is 11.8. The highest BCUT2D eigenvalue weighted by Gasteiger charge is 2.33. The summed E-state index contributed by atoms with van der Waals surface area (Å²) in [6.45, 7) is 5.48. The Bertz CT molecular complexity index is 417. The van der Waals surface area contributed by atoms with Gasteiger partial charge in [0.2, 0.25) is 0 Å². The Morgan fingerprint density at radius 3 is 2.79 bits per heavy atom. The van der Waals surface area contributed by atoms with Gasteiger partial charge in [-0.1, -0.05) is 25.4 Å². The number of benzene rings is 1. The first-order chi connectivity index (χ1) is 9.11. The van der Waals surface area contributed by atoms with Gasteiger partial charge in [-0.15, -0.1) is 0 Å². The summed E-state index contributed by atoms with van der Waals surface area (Å²) < 4.78 is 13.3. The van der Waals surface area contributed by atoms with Gasteiger partial charge in [0.25, 0.3) is 0 Å². The lowest BCUT2D eigenvalue weighted by molar-refractivity contribution is 0.339. The van der Waals surface area contributed by atoms with Crippen LogP contribution in [0.4, 0.5) is 4.39 Å². The van der Waals surface area contributed by atoms with Crippen LogP contribution < -0.4 is 5.32 Å². The number of hydrogen-bond donors (Lipinski definition) is 1. The van der Waals surface area contributed by atoms with E-state index < -0.39 is 0 Å². The van der Waals surface area contributed by atoms with Crippen LogP contribution >= 0.6 is 11.6 Å². The lowest BCUT2D eigenvalue weighted by atomic mass is 9.91. The minimum absolute atomic E-state index is 0.201. The standard InChI is InChI=1S/C16H23ClFN/c1-3-8-19-16(11(2)12-4-5-12)10-13-9-14(18)6-7-15(13)17/h6-7,9,11-12,16,19H,3-5,8,10H2,1-2H3. The molecule has 0 bridgehead atoms. The second-order valence-corrected chi connectivity index (χ2v) is 6.10. The first-order valence-electron chi connectivity index (χ1n) is 7.29. The average Bonchev–Trinajstić information content (AvgIpc) is 3.22. The van der Waals surface area contributed by atoms with Gasteiger partial charge in [0.1, 0.15) is 5.82 Å². The number of nitrogens with one attached hydrogen (secondary N) is 1. The quantitative estimate of drug-likeness (QED) is 0.780. The van der Waals surface area contributed by atoms with Crippen LogP contribution in [-0.4, -0.2) is 12.6 Å². The highest BCUT2D eigenvalue weighted by molar-refractivity contribution is 6.31. The van der Waals surface area contributed by atoms with Crippen molar-refractivity contribution in [1.29, 1.82) is 0 Å². The van der Waals surface area contributed by atoms with Gasteiger partial charge in [-0.2, -0.15) is 0 Å². The monoisotopic (exact) mass is 283 g/mol. The molecule has 1 fully saturated rings. The van der Waals surface area contributed by atoms with Crippen molar-refractivity contribution in [1.82, 2.24) is 5.32 Å². The Morgan fingerprint density at radius 1 is 1.42 bits per heavy atom. The zero-order chi connectivity index (χ0) is 13.8. The van der Waals surface area contributed by atoms with E-state index in [0.29, 0.717) is 17.0 Å². The van der Waals surface area contributed by atoms with Crippen LogP contribution in [0.25, 0.3) is 0 Å². The number of halogens is 2. The molecule has 0 amide bonds. The van der Waals surface area contributed by atoms with E-state index in [2.05, 4.69) is 19.2 Å². The molecule has 2 rings (SSSR count). The van der Waals surface area contributed by atoms with Gasteiger partial charge < -0.3 is 5.32 Å². The van der Waals surface area contributed by atoms with Crippen LogP contribution in [0.3, 0.4) is 0 Å². The van der Waals surface area contributed by atoms with Crippen molar-refractivity contribution in [3.63, 3.8) is 0 Å². The molecule has 0 saturated heterocycles. The number of hydrogen-bond acceptors (Lipinski definition) is 1. The average molecular weight is 284 g/mol. The molecular formula is C16H23ClFN. The molecule has 19 heavy (non-hydrogen) atoms. The number of rotatable bonds is 7. The summed E-state index contributed by atoms with van der Waals surface area (Å²) >= 11 is 6.18. The molecule has 0 heterocycles. The van der Waals surface area contributed by atoms with Gasteiger partial charge in [-0.05, 0) is 67.8 Å². The molecule has 1 saturated carbocycles. The van der Waals surface area contributed by atoms with Crippen molar-refractivity contribution in [2.75, 3.05) is 6.54 Å². The molecule has 1 nitrogen and oxygen atoms in total. The van der Waals surface area contributed by atoms with Gasteiger partial charge in [0.15, 0.2) is 0 Å². The van der Waals surface area contributed by atoms with E-state index in [4.69, 9.17) is 11.6 Å². The molecule has 0 spiro atoms. The van der Waals surface area contributed by atoms with Gasteiger partial charge >= 0.3 is 0 Å². The fourth-order valence-electron chi connectivity index (χ4n) is 2.66. The van der Waals surface area contributed by atoms with Crippen molar-refractivity contribution in [3.05, 3.63) is 34.6 Å². The largest absolute Gasteiger partial charge is 0.313 e. The van der Waals surface area contributed by atoms with E-state index in [0.717, 1.165) is 30.9 Å². The maximum Gasteiger partial charge on any atom is 0.123 e. The molecule has 0 aromatic heterocycles. The van der Waals surface area contributed by atoms with Crippen LogP contribution in [0, 0.1) is 17.7 Å². The van der Waals surface area contributed by atoms with E-state index in [1.807, 2.05) is 0 Å². The summed E-state index contributed by atoms with van der Waals surface area (Å²) in [4.78, 5) is 0. The second kappa shape index (κ2) is 6.71. The first-order valence-corrected chi connectivity index (χ1v) is 7.67. The Balaban J connectivity index is 2.07. The lowest BCUT2D eigenvalue weighted by Crippen LogP contribution is -2.38. The predicted molar refractivity (Wildman–Crippen MR) is 79.1 cm³/mol. The molecule has 1 aliphatic carbocycles. The molecule has 0 radical (unpaired) electrons. The van der Waals surface area contributed by atoms with E-state index in [1.165, 1.54) is 18.9 Å². The lowest BCUT2D eigenvalue weighted by Gasteiger charge is -2.26. The zero-order valence-corrected chi connectivity index (χ0v) is 12.5. The molecule has 1 aromatic rings. The molecule has 2 atom stereocenters. The van der Waals surface area contributed by atoms with Gasteiger partial charge in [-0.25, -0.2) is 4.39 Å². The minimum atomic E-state index is -0.201. The third kappa shape index (κ3) is 4.19. The van der Waals surface area contributed by atoms with Gasteiger partial charge in [-0.3, -0.25) is 0 Å². The summed E-state index contributed by atoms with van der Waals surface area (Å²) in [5, 5.41) is 4.28. The van der Waals surface area contributed by atoms with Crippen molar-refractivity contribution in [2.45, 2.75) is 45.6 Å². The van der Waals surface area contributed by atoms with Crippen molar-refractivity contribution < 1.29 is 4.39 Å². The van der Waals surface area contributed by atoms with Crippen LogP contribution in [-0.2, 0) is 6.42 Å². The third-order valence-electron chi connectivity index (χ3n) is 4.10. The summed E-state index contributed by atoms with van der Waals surface area (Å²) in [5.41, 5.74) is 0.919. The fourth-order valence-corrected chi connectivity index (χ4v) is 2.86. The minimum Gasteiger partial charge on any atom is -0.313 e. The smallest absolute Gasteiger partial charge is 0.123 e. The third-order valence-corrected chi connectivity index (χ3v) is 4.47. The van der Waals surface area contributed by atoms with Gasteiger partial charge in [0, 0.05) is 11.1 Å². The van der Waals surface area contributed by atoms with E-state index in [9.17, 15) is 4.39 Å². The van der Waals surface area contributed by atoms with Crippen LogP contribution in [0.2, 0.25) is 5.02 Å². The van der Waals surface area contributed by atoms with Crippen molar-refractivity contribution in [3.8, 4) is 0 Å². The molecule has 106 valence electrons. The fraction of sp³-hybridized carbons (Fsp3) is 0.625. The van der Waals surface area contributed by atoms with Gasteiger partial charge in [0.05, 0.1) is 0 Å². The molecular weight excluding hydrogens is 261 g/mol. The molecule has 1 aromatic carbocycles. The van der Waals surface area contributed by atoms with Crippen molar-refractivity contribution >= 4 is 11.6 Å². The first kappa shape index (κ1) is 14.8. The predicted octanol–water partition coefficient (Wildman–Crippen LogP) is 4.44. The Labute approximate surface area is 120 Å². The summed E-state index contributed by atoms with van der Waals surface area (Å²) in [6, 6.07) is 5.05. The Hall–Kier alpha value is -0.600. The topological polar surface area (TPSA) is 12.0 Å². The molecule has 1 N–H and O–H groups in total. The molecule has 0 aliphatic heterocycles. The highest BCUT2D eigenvalue weighted by atomic mass is 35.5. The van der Waals surface area contributed by atoms with Crippen molar-refractivity contribution in [2.24, 2.45) is 11.8 Å². The Morgan fingerprint density at radius 2 is 2.16 bits per heavy atom. The molecule has 2 unspecified atom stereocenters. The van der Waals surface area contributed by atoms with Crippen LogP contribution in [0.15, 0.2) is 18.2 Å². The summed E-state index contributed by atoms with van der Waals surface area (Å²) in [7, 11) is 0. The highest BCUT2D eigenvalue weighted by Crippen LogP contribution is 2.39. The molecule has 3 heteroatoms. The van der Waals surface area contributed by atoms with Crippen LogP contribution in [0.1, 0.15) is 38.7 Å². The van der Waals surface area contributed by atoms with E-state index >= 15 is 0 Å². The summed E-state index contributed by atoms with van der Waals surface area (Å²) in [6.07, 6.45) is 4.60. The SMILES string of the molecule is CCCNC(Cc1cc(F)ccc1Cl)C(C)C1CC1. The molecule has 1 aliphatic rings. The van der Waals surface area contributed by atoms with Crippen LogP contribution in [0.5, 0.6) is 0 Å². The normalized spacial score (nSPS) is 18.3. The Kier molecular flexibility index (Phi) is 5.23. The second-order valence-electron chi connectivity index (χ2n) is 5.70. The maximum absolute atomic E-state index is 13.3. The summed E-state index contributed by atoms with van der Waals surface area (Å²) in [5.74, 6) is 1.26. The van der Waals surface area contributed by atoms with E-state index in [1.54, 1.807) is 12.1 Å². The maximum atomic E-state index is 13.3.